The molecule has 0 bridgehead atoms. The van der Waals surface area contributed by atoms with E-state index in [1.807, 2.05) is 0 Å². The fourth-order valence-corrected chi connectivity index (χ4v) is 1.98. The van der Waals surface area contributed by atoms with Crippen LogP contribution in [0.15, 0.2) is 39.5 Å². The summed E-state index contributed by atoms with van der Waals surface area (Å²) >= 11 is 5.88. The fraction of sp³-hybridized carbons (Fsp3) is 0. The molecule has 0 aliphatic carbocycles. The summed E-state index contributed by atoms with van der Waals surface area (Å²) in [6.07, 6.45) is 0.652. The summed E-state index contributed by atoms with van der Waals surface area (Å²) in [5.74, 6) is 0. The van der Waals surface area contributed by atoms with Gasteiger partial charge in [0.25, 0.3) is 5.56 Å². The van der Waals surface area contributed by atoms with Gasteiger partial charge < -0.3 is 4.42 Å². The molecule has 0 amide bonds. The van der Waals surface area contributed by atoms with Gasteiger partial charge in [-0.1, -0.05) is 11.6 Å². The topological polar surface area (TPSA) is 51.7 Å². The Balaban J connectivity index is 2.65. The van der Waals surface area contributed by atoms with Gasteiger partial charge in [0.05, 0.1) is 11.1 Å². The quantitative estimate of drug-likeness (QED) is 0.621. The van der Waals surface area contributed by atoms with Crippen LogP contribution in [0.2, 0.25) is 5.02 Å². The van der Waals surface area contributed by atoms with Crippen molar-refractivity contribution in [3.63, 3.8) is 0 Å². The summed E-state index contributed by atoms with van der Waals surface area (Å²) in [6.45, 7) is 0. The van der Waals surface area contributed by atoms with Crippen molar-refractivity contribution in [1.29, 1.82) is 0 Å². The van der Waals surface area contributed by atoms with Crippen LogP contribution in [0.3, 0.4) is 0 Å². The Morgan fingerprint density at radius 2 is 2.06 bits per heavy atom. The minimum Gasteiger partial charge on any atom is -0.437 e. The second-order valence-corrected chi connectivity index (χ2v) is 4.04. The number of carbonyl (C=O) groups is 1. The first-order chi connectivity index (χ1) is 8.20. The standard InChI is InChI=1S/C12H6ClNO3/c13-8-2-3-10-9(5-8)14-11(16)4-1-7(6-15)12(14)17-10/h1-6H. The first-order valence-corrected chi connectivity index (χ1v) is 5.27. The smallest absolute Gasteiger partial charge is 0.258 e. The van der Waals surface area contributed by atoms with Gasteiger partial charge in [0.1, 0.15) is 0 Å². The second-order valence-electron chi connectivity index (χ2n) is 3.60. The van der Waals surface area contributed by atoms with Gasteiger partial charge in [0.15, 0.2) is 11.9 Å². The predicted octanol–water partition coefficient (Wildman–Crippen LogP) is 2.51. The molecule has 0 fully saturated rings. The number of benzene rings is 1. The highest BCUT2D eigenvalue weighted by molar-refractivity contribution is 6.31. The highest BCUT2D eigenvalue weighted by Gasteiger charge is 2.11. The van der Waals surface area contributed by atoms with E-state index in [9.17, 15) is 9.59 Å². The molecule has 17 heavy (non-hydrogen) atoms. The molecule has 0 saturated carbocycles. The molecule has 0 spiro atoms. The maximum Gasteiger partial charge on any atom is 0.258 e. The summed E-state index contributed by atoms with van der Waals surface area (Å²) in [5.41, 5.74) is 1.38. The van der Waals surface area contributed by atoms with Crippen molar-refractivity contribution >= 4 is 34.7 Å². The first kappa shape index (κ1) is 10.1. The van der Waals surface area contributed by atoms with E-state index >= 15 is 0 Å². The molecule has 3 aromatic rings. The average Bonchev–Trinajstić information content (AvgIpc) is 2.69. The minimum atomic E-state index is -0.258. The lowest BCUT2D eigenvalue weighted by molar-refractivity contribution is 0.112. The largest absolute Gasteiger partial charge is 0.437 e. The molecule has 0 aliphatic rings. The molecular weight excluding hydrogens is 242 g/mol. The zero-order valence-electron chi connectivity index (χ0n) is 8.51. The van der Waals surface area contributed by atoms with E-state index < -0.39 is 0 Å². The second kappa shape index (κ2) is 3.46. The van der Waals surface area contributed by atoms with Gasteiger partial charge in [0.2, 0.25) is 5.71 Å². The lowest BCUT2D eigenvalue weighted by Crippen LogP contribution is -2.11. The molecule has 4 nitrogen and oxygen atoms in total. The SMILES string of the molecule is O=Cc1ccc(=O)n2c1oc1ccc(Cl)cc12. The Kier molecular flexibility index (Phi) is 2.06. The lowest BCUT2D eigenvalue weighted by atomic mass is 10.3. The average molecular weight is 248 g/mol. The van der Waals surface area contributed by atoms with Gasteiger partial charge in [-0.25, -0.2) is 4.40 Å². The third-order valence-corrected chi connectivity index (χ3v) is 2.81. The lowest BCUT2D eigenvalue weighted by Gasteiger charge is -1.94. The maximum atomic E-state index is 11.8. The molecule has 84 valence electrons. The Bertz CT molecular complexity index is 800. The third-order valence-electron chi connectivity index (χ3n) is 2.57. The number of pyridine rings is 1. The van der Waals surface area contributed by atoms with Crippen LogP contribution < -0.4 is 5.56 Å². The van der Waals surface area contributed by atoms with Crippen LogP contribution in [-0.4, -0.2) is 10.7 Å². The van der Waals surface area contributed by atoms with Crippen molar-refractivity contribution in [1.82, 2.24) is 4.40 Å². The first-order valence-electron chi connectivity index (χ1n) is 4.90. The molecule has 0 N–H and O–H groups in total. The van der Waals surface area contributed by atoms with Crippen LogP contribution >= 0.6 is 11.6 Å². The van der Waals surface area contributed by atoms with E-state index in [1.165, 1.54) is 16.5 Å². The van der Waals surface area contributed by atoms with Gasteiger partial charge >= 0.3 is 0 Å². The molecule has 0 aliphatic heterocycles. The van der Waals surface area contributed by atoms with Crippen LogP contribution in [0.4, 0.5) is 0 Å². The number of aromatic nitrogens is 1. The molecule has 0 radical (unpaired) electrons. The van der Waals surface area contributed by atoms with Crippen molar-refractivity contribution in [2.45, 2.75) is 0 Å². The summed E-state index contributed by atoms with van der Waals surface area (Å²) < 4.78 is 6.82. The number of halogens is 1. The number of hydrogen-bond acceptors (Lipinski definition) is 3. The van der Waals surface area contributed by atoms with Crippen LogP contribution in [0, 0.1) is 0 Å². The molecule has 5 heteroatoms. The van der Waals surface area contributed by atoms with E-state index in [0.29, 0.717) is 28.0 Å². The van der Waals surface area contributed by atoms with Crippen molar-refractivity contribution in [2.75, 3.05) is 0 Å². The monoisotopic (exact) mass is 247 g/mol. The molecule has 3 rings (SSSR count). The van der Waals surface area contributed by atoms with Crippen LogP contribution in [0.5, 0.6) is 0 Å². The Morgan fingerprint density at radius 3 is 2.82 bits per heavy atom. The van der Waals surface area contributed by atoms with Gasteiger partial charge in [-0.2, -0.15) is 0 Å². The van der Waals surface area contributed by atoms with E-state index in [-0.39, 0.29) is 11.3 Å². The number of carbonyl (C=O) groups excluding carboxylic acids is 1. The van der Waals surface area contributed by atoms with Crippen LogP contribution in [0.25, 0.3) is 16.8 Å². The highest BCUT2D eigenvalue weighted by atomic mass is 35.5. The number of rotatable bonds is 1. The summed E-state index contributed by atoms with van der Waals surface area (Å²) in [4.78, 5) is 22.7. The van der Waals surface area contributed by atoms with Crippen molar-refractivity contribution < 1.29 is 9.21 Å². The normalized spacial score (nSPS) is 11.1. The number of fused-ring (bicyclic) bond motifs is 3. The van der Waals surface area contributed by atoms with Crippen LogP contribution in [0.1, 0.15) is 10.4 Å². The number of aldehydes is 1. The number of hydrogen-bond donors (Lipinski definition) is 0. The summed E-state index contributed by atoms with van der Waals surface area (Å²) in [7, 11) is 0. The van der Waals surface area contributed by atoms with Gasteiger partial charge in [-0.15, -0.1) is 0 Å². The molecule has 2 aromatic heterocycles. The number of nitrogens with zero attached hydrogens (tertiary/aromatic N) is 1. The molecule has 0 atom stereocenters. The van der Waals surface area contributed by atoms with Crippen molar-refractivity contribution in [3.8, 4) is 0 Å². The molecule has 0 saturated heterocycles. The predicted molar refractivity (Wildman–Crippen MR) is 63.8 cm³/mol. The molecular formula is C12H6ClNO3. The Morgan fingerprint density at radius 1 is 1.24 bits per heavy atom. The Labute approximate surface area is 100 Å². The zero-order chi connectivity index (χ0) is 12.0. The van der Waals surface area contributed by atoms with E-state index in [4.69, 9.17) is 16.0 Å². The molecule has 0 unspecified atom stereocenters. The highest BCUT2D eigenvalue weighted by Crippen LogP contribution is 2.23. The third kappa shape index (κ3) is 1.38. The van der Waals surface area contributed by atoms with Crippen LogP contribution in [-0.2, 0) is 0 Å². The van der Waals surface area contributed by atoms with Crippen molar-refractivity contribution in [2.24, 2.45) is 0 Å². The van der Waals surface area contributed by atoms with E-state index in [2.05, 4.69) is 0 Å². The summed E-state index contributed by atoms with van der Waals surface area (Å²) in [6, 6.07) is 7.72. The molecule has 1 aromatic carbocycles. The van der Waals surface area contributed by atoms with Gasteiger partial charge in [-0.05, 0) is 24.3 Å². The Hall–Kier alpha value is -2.07. The number of oxazole rings is 1. The van der Waals surface area contributed by atoms with Gasteiger partial charge in [0, 0.05) is 11.1 Å². The zero-order valence-corrected chi connectivity index (χ0v) is 9.27. The van der Waals surface area contributed by atoms with Gasteiger partial charge in [-0.3, -0.25) is 9.59 Å². The van der Waals surface area contributed by atoms with Crippen molar-refractivity contribution in [3.05, 3.63) is 51.3 Å². The fourth-order valence-electron chi connectivity index (χ4n) is 1.81. The molecule has 2 heterocycles. The van der Waals surface area contributed by atoms with E-state index in [1.54, 1.807) is 18.2 Å². The van der Waals surface area contributed by atoms with E-state index in [0.717, 1.165) is 0 Å². The summed E-state index contributed by atoms with van der Waals surface area (Å²) in [5, 5.41) is 0.503. The maximum absolute atomic E-state index is 11.8. The minimum absolute atomic E-state index is 0.241.